The molecule has 0 N–H and O–H groups in total. The summed E-state index contributed by atoms with van der Waals surface area (Å²) in [4.78, 5) is 14.5. The predicted molar refractivity (Wildman–Crippen MR) is 101 cm³/mol. The summed E-state index contributed by atoms with van der Waals surface area (Å²) in [6.45, 7) is 2.46. The van der Waals surface area contributed by atoms with Gasteiger partial charge in [0.2, 0.25) is 0 Å². The van der Waals surface area contributed by atoms with Crippen molar-refractivity contribution in [3.63, 3.8) is 0 Å². The smallest absolute Gasteiger partial charge is 0.253 e. The normalized spacial score (nSPS) is 17.3. The van der Waals surface area contributed by atoms with Crippen LogP contribution in [0.1, 0.15) is 23.2 Å². The fraction of sp³-hybridized carbons (Fsp3) is 0.350. The number of carbonyl (C=O) groups is 1. The van der Waals surface area contributed by atoms with Crippen LogP contribution in [0.4, 0.5) is 0 Å². The first-order chi connectivity index (χ1) is 12.2. The Morgan fingerprint density at radius 3 is 2.76 bits per heavy atom. The van der Waals surface area contributed by atoms with E-state index in [1.807, 2.05) is 59.5 Å². The van der Waals surface area contributed by atoms with Crippen molar-refractivity contribution in [2.45, 2.75) is 18.9 Å². The van der Waals surface area contributed by atoms with Gasteiger partial charge in [-0.1, -0.05) is 40.2 Å². The number of hydrogen-bond acceptors (Lipinski definition) is 3. The van der Waals surface area contributed by atoms with Crippen LogP contribution in [0.2, 0.25) is 0 Å². The zero-order chi connectivity index (χ0) is 17.5. The molecule has 4 nitrogen and oxygen atoms in total. The second-order valence-electron chi connectivity index (χ2n) is 6.06. The van der Waals surface area contributed by atoms with E-state index in [4.69, 9.17) is 9.47 Å². The molecule has 5 heteroatoms. The molecule has 2 aromatic rings. The van der Waals surface area contributed by atoms with E-state index in [0.717, 1.165) is 29.6 Å². The first-order valence-electron chi connectivity index (χ1n) is 8.56. The van der Waals surface area contributed by atoms with Crippen LogP contribution >= 0.6 is 15.9 Å². The first-order valence-corrected chi connectivity index (χ1v) is 9.36. The minimum Gasteiger partial charge on any atom is -0.491 e. The van der Waals surface area contributed by atoms with Gasteiger partial charge < -0.3 is 14.4 Å². The molecule has 0 saturated carbocycles. The average molecular weight is 404 g/mol. The molecule has 1 heterocycles. The number of ether oxygens (including phenoxy) is 2. The van der Waals surface area contributed by atoms with Gasteiger partial charge in [-0.25, -0.2) is 0 Å². The molecule has 0 bridgehead atoms. The molecule has 1 aliphatic rings. The van der Waals surface area contributed by atoms with Crippen LogP contribution in [0.25, 0.3) is 0 Å². The van der Waals surface area contributed by atoms with Gasteiger partial charge in [-0.15, -0.1) is 0 Å². The highest BCUT2D eigenvalue weighted by atomic mass is 79.9. The molecular formula is C20H22BrNO3. The minimum atomic E-state index is 0.0649. The molecule has 1 aliphatic heterocycles. The van der Waals surface area contributed by atoms with Gasteiger partial charge in [-0.3, -0.25) is 4.79 Å². The fourth-order valence-electron chi connectivity index (χ4n) is 2.95. The van der Waals surface area contributed by atoms with E-state index < -0.39 is 0 Å². The van der Waals surface area contributed by atoms with Gasteiger partial charge in [0.25, 0.3) is 5.91 Å². The minimum absolute atomic E-state index is 0.0649. The average Bonchev–Trinajstić information content (AvgIpc) is 2.66. The molecule has 1 fully saturated rings. The topological polar surface area (TPSA) is 38.8 Å². The number of rotatable bonds is 6. The van der Waals surface area contributed by atoms with Crippen molar-refractivity contribution >= 4 is 21.8 Å². The monoisotopic (exact) mass is 403 g/mol. The maximum absolute atomic E-state index is 12.6. The van der Waals surface area contributed by atoms with Crippen LogP contribution in [0.15, 0.2) is 59.1 Å². The van der Waals surface area contributed by atoms with Crippen molar-refractivity contribution in [2.24, 2.45) is 0 Å². The third kappa shape index (κ3) is 5.31. The van der Waals surface area contributed by atoms with Crippen LogP contribution < -0.4 is 4.74 Å². The molecule has 0 radical (unpaired) electrons. The summed E-state index contributed by atoms with van der Waals surface area (Å²) in [5.74, 6) is 0.913. The van der Waals surface area contributed by atoms with E-state index >= 15 is 0 Å². The predicted octanol–water partition coefficient (Wildman–Crippen LogP) is 4.15. The number of carbonyl (C=O) groups excluding carboxylic acids is 1. The number of likely N-dealkylation sites (tertiary alicyclic amines) is 1. The number of piperidine rings is 1. The summed E-state index contributed by atoms with van der Waals surface area (Å²) in [5.41, 5.74) is 0.711. The molecule has 1 amide bonds. The molecule has 0 spiro atoms. The van der Waals surface area contributed by atoms with E-state index in [1.54, 1.807) is 0 Å². The van der Waals surface area contributed by atoms with Gasteiger partial charge in [0.05, 0.1) is 12.7 Å². The second-order valence-corrected chi connectivity index (χ2v) is 6.97. The molecule has 1 saturated heterocycles. The van der Waals surface area contributed by atoms with Crippen molar-refractivity contribution in [1.29, 1.82) is 0 Å². The largest absolute Gasteiger partial charge is 0.491 e. The number of halogens is 1. The highest BCUT2D eigenvalue weighted by molar-refractivity contribution is 9.10. The lowest BCUT2D eigenvalue weighted by Crippen LogP contribution is -2.43. The van der Waals surface area contributed by atoms with Crippen molar-refractivity contribution in [3.8, 4) is 5.75 Å². The van der Waals surface area contributed by atoms with E-state index in [-0.39, 0.29) is 12.0 Å². The molecule has 0 aliphatic carbocycles. The summed E-state index contributed by atoms with van der Waals surface area (Å²) in [7, 11) is 0. The highest BCUT2D eigenvalue weighted by Gasteiger charge is 2.25. The van der Waals surface area contributed by atoms with Gasteiger partial charge in [-0.2, -0.15) is 0 Å². The van der Waals surface area contributed by atoms with Gasteiger partial charge in [0.15, 0.2) is 0 Å². The summed E-state index contributed by atoms with van der Waals surface area (Å²) >= 11 is 3.42. The lowest BCUT2D eigenvalue weighted by Gasteiger charge is -2.32. The maximum atomic E-state index is 12.6. The third-order valence-electron chi connectivity index (χ3n) is 4.19. The SMILES string of the molecule is O=C(c1cccc(Br)c1)N1CCCC(OCCOc2ccccc2)C1. The van der Waals surface area contributed by atoms with E-state index in [0.29, 0.717) is 25.3 Å². The van der Waals surface area contributed by atoms with Gasteiger partial charge in [0, 0.05) is 23.1 Å². The summed E-state index contributed by atoms with van der Waals surface area (Å²) in [6, 6.07) is 17.2. The van der Waals surface area contributed by atoms with Crippen LogP contribution in [-0.4, -0.2) is 43.2 Å². The summed E-state index contributed by atoms with van der Waals surface area (Å²) < 4.78 is 12.5. The maximum Gasteiger partial charge on any atom is 0.253 e. The Morgan fingerprint density at radius 2 is 1.96 bits per heavy atom. The van der Waals surface area contributed by atoms with Crippen molar-refractivity contribution in [3.05, 3.63) is 64.6 Å². The Labute approximate surface area is 156 Å². The first kappa shape index (κ1) is 18.0. The van der Waals surface area contributed by atoms with E-state index in [1.165, 1.54) is 0 Å². The van der Waals surface area contributed by atoms with E-state index in [2.05, 4.69) is 15.9 Å². The van der Waals surface area contributed by atoms with Crippen LogP contribution in [0.5, 0.6) is 5.75 Å². The Bertz CT molecular complexity index is 692. The molecule has 2 aromatic carbocycles. The van der Waals surface area contributed by atoms with Crippen molar-refractivity contribution in [2.75, 3.05) is 26.3 Å². The summed E-state index contributed by atoms with van der Waals surface area (Å²) in [5, 5.41) is 0. The molecular weight excluding hydrogens is 382 g/mol. The van der Waals surface area contributed by atoms with Crippen molar-refractivity contribution < 1.29 is 14.3 Å². The number of para-hydroxylation sites is 1. The third-order valence-corrected chi connectivity index (χ3v) is 4.68. The van der Waals surface area contributed by atoms with Gasteiger partial charge in [0.1, 0.15) is 12.4 Å². The lowest BCUT2D eigenvalue weighted by atomic mass is 10.1. The number of hydrogen-bond donors (Lipinski definition) is 0. The van der Waals surface area contributed by atoms with Gasteiger partial charge in [-0.05, 0) is 43.2 Å². The lowest BCUT2D eigenvalue weighted by molar-refractivity contribution is -0.00817. The zero-order valence-corrected chi connectivity index (χ0v) is 15.7. The van der Waals surface area contributed by atoms with Crippen LogP contribution in [-0.2, 0) is 4.74 Å². The van der Waals surface area contributed by atoms with Crippen LogP contribution in [0.3, 0.4) is 0 Å². The Morgan fingerprint density at radius 1 is 1.12 bits per heavy atom. The Balaban J connectivity index is 1.45. The molecule has 3 rings (SSSR count). The van der Waals surface area contributed by atoms with Crippen LogP contribution in [0, 0.1) is 0 Å². The van der Waals surface area contributed by atoms with Gasteiger partial charge >= 0.3 is 0 Å². The number of benzene rings is 2. The highest BCUT2D eigenvalue weighted by Crippen LogP contribution is 2.18. The number of amides is 1. The zero-order valence-electron chi connectivity index (χ0n) is 14.1. The Hall–Kier alpha value is -1.85. The number of nitrogens with zero attached hydrogens (tertiary/aromatic N) is 1. The quantitative estimate of drug-likeness (QED) is 0.679. The molecule has 0 aromatic heterocycles. The molecule has 1 atom stereocenters. The standard InChI is InChI=1S/C20H22BrNO3/c21-17-7-4-6-16(14-17)20(23)22-11-5-10-19(15-22)25-13-12-24-18-8-2-1-3-9-18/h1-4,6-9,14,19H,5,10-13,15H2. The molecule has 1 unspecified atom stereocenters. The second kappa shape index (κ2) is 9.02. The Kier molecular flexibility index (Phi) is 6.48. The molecule has 132 valence electrons. The van der Waals surface area contributed by atoms with Crippen molar-refractivity contribution in [1.82, 2.24) is 4.90 Å². The van der Waals surface area contributed by atoms with E-state index in [9.17, 15) is 4.79 Å². The summed E-state index contributed by atoms with van der Waals surface area (Å²) in [6.07, 6.45) is 2.02. The fourth-order valence-corrected chi connectivity index (χ4v) is 3.35. The molecule has 25 heavy (non-hydrogen) atoms.